The molecule has 1 aromatic carbocycles. The number of ether oxygens (including phenoxy) is 1. The molecule has 3 aromatic rings. The van der Waals surface area contributed by atoms with Crippen LogP contribution in [0.4, 0.5) is 14.9 Å². The molecule has 2 aliphatic rings. The van der Waals surface area contributed by atoms with Gasteiger partial charge in [-0.3, -0.25) is 9.88 Å². The minimum atomic E-state index is -0.520. The number of rotatable bonds is 5. The van der Waals surface area contributed by atoms with E-state index in [0.717, 1.165) is 6.54 Å². The van der Waals surface area contributed by atoms with E-state index in [0.29, 0.717) is 48.0 Å². The minimum absolute atomic E-state index is 0.297. The van der Waals surface area contributed by atoms with Crippen LogP contribution in [0.15, 0.2) is 54.1 Å². The van der Waals surface area contributed by atoms with Gasteiger partial charge >= 0.3 is 6.09 Å². The van der Waals surface area contributed by atoms with Gasteiger partial charge in [0.15, 0.2) is 5.84 Å². The molecule has 4 heterocycles. The number of carbonyl (C=O) groups excluding carboxylic acids is 1. The van der Waals surface area contributed by atoms with E-state index < -0.39 is 18.0 Å². The van der Waals surface area contributed by atoms with Crippen molar-refractivity contribution in [3.63, 3.8) is 0 Å². The second-order valence-corrected chi connectivity index (χ2v) is 7.51. The SMILES string of the molecule is CN1CCON=C1c1ccc(-c2ccc(N3C[C@H](Cn4ccnn4)OC3=O)cc2F)cn1. The van der Waals surface area contributed by atoms with Crippen molar-refractivity contribution >= 4 is 17.6 Å². The van der Waals surface area contributed by atoms with Crippen molar-refractivity contribution in [1.29, 1.82) is 0 Å². The van der Waals surface area contributed by atoms with Crippen LogP contribution in [0.3, 0.4) is 0 Å². The molecule has 5 rings (SSSR count). The first-order chi connectivity index (χ1) is 15.6. The van der Waals surface area contributed by atoms with E-state index in [9.17, 15) is 9.18 Å². The zero-order valence-corrected chi connectivity index (χ0v) is 17.3. The fourth-order valence-corrected chi connectivity index (χ4v) is 3.66. The maximum atomic E-state index is 15.0. The number of benzene rings is 1. The molecule has 1 fully saturated rings. The molecule has 1 atom stereocenters. The zero-order chi connectivity index (χ0) is 22.1. The number of pyridine rings is 1. The van der Waals surface area contributed by atoms with Crippen LogP contribution < -0.4 is 4.90 Å². The van der Waals surface area contributed by atoms with Crippen LogP contribution >= 0.6 is 0 Å². The Balaban J connectivity index is 1.32. The molecule has 164 valence electrons. The lowest BCUT2D eigenvalue weighted by Gasteiger charge is -2.23. The van der Waals surface area contributed by atoms with Gasteiger partial charge in [-0.05, 0) is 24.3 Å². The summed E-state index contributed by atoms with van der Waals surface area (Å²) in [5, 5.41) is 11.7. The summed E-state index contributed by atoms with van der Waals surface area (Å²) in [6.07, 6.45) is 3.92. The van der Waals surface area contributed by atoms with Gasteiger partial charge in [0.05, 0.1) is 31.5 Å². The molecule has 1 saturated heterocycles. The van der Waals surface area contributed by atoms with Crippen molar-refractivity contribution in [2.45, 2.75) is 12.6 Å². The second kappa shape index (κ2) is 8.25. The number of likely N-dealkylation sites (N-methyl/N-ethyl adjacent to an activating group) is 1. The van der Waals surface area contributed by atoms with Crippen LogP contribution in [-0.4, -0.2) is 69.7 Å². The van der Waals surface area contributed by atoms with Crippen molar-refractivity contribution in [2.24, 2.45) is 5.16 Å². The summed E-state index contributed by atoms with van der Waals surface area (Å²) < 4.78 is 21.9. The van der Waals surface area contributed by atoms with E-state index in [-0.39, 0.29) is 0 Å². The maximum Gasteiger partial charge on any atom is 0.414 e. The molecule has 10 nitrogen and oxygen atoms in total. The average Bonchev–Trinajstić information content (AvgIpc) is 3.44. The highest BCUT2D eigenvalue weighted by Crippen LogP contribution is 2.29. The van der Waals surface area contributed by atoms with Crippen molar-refractivity contribution in [1.82, 2.24) is 24.9 Å². The summed E-state index contributed by atoms with van der Waals surface area (Å²) in [6.45, 7) is 1.93. The Morgan fingerprint density at radius 2 is 2.16 bits per heavy atom. The first-order valence-electron chi connectivity index (χ1n) is 10.1. The molecule has 0 unspecified atom stereocenters. The summed E-state index contributed by atoms with van der Waals surface area (Å²) in [7, 11) is 1.91. The third-order valence-corrected chi connectivity index (χ3v) is 5.34. The molecule has 2 aromatic heterocycles. The minimum Gasteiger partial charge on any atom is -0.442 e. The van der Waals surface area contributed by atoms with Crippen molar-refractivity contribution < 1.29 is 18.8 Å². The Labute approximate surface area is 182 Å². The number of carbonyl (C=O) groups is 1. The van der Waals surface area contributed by atoms with Gasteiger partial charge in [0.2, 0.25) is 0 Å². The summed E-state index contributed by atoms with van der Waals surface area (Å²) in [6, 6.07) is 8.21. The highest BCUT2D eigenvalue weighted by Gasteiger charge is 2.33. The predicted molar refractivity (Wildman–Crippen MR) is 112 cm³/mol. The molecule has 0 N–H and O–H groups in total. The van der Waals surface area contributed by atoms with Crippen LogP contribution in [0, 0.1) is 5.82 Å². The zero-order valence-electron chi connectivity index (χ0n) is 17.3. The fraction of sp³-hybridized carbons (Fsp3) is 0.286. The number of amides is 1. The molecular formula is C21H20FN7O3. The van der Waals surface area contributed by atoms with Crippen LogP contribution in [0.5, 0.6) is 0 Å². The van der Waals surface area contributed by atoms with Crippen molar-refractivity contribution in [3.05, 3.63) is 60.4 Å². The second-order valence-electron chi connectivity index (χ2n) is 7.51. The Morgan fingerprint density at radius 1 is 1.25 bits per heavy atom. The van der Waals surface area contributed by atoms with E-state index in [4.69, 9.17) is 9.57 Å². The number of halogens is 1. The number of aromatic nitrogens is 4. The van der Waals surface area contributed by atoms with Crippen molar-refractivity contribution in [2.75, 3.05) is 31.6 Å². The molecule has 0 aliphatic carbocycles. The number of cyclic esters (lactones) is 1. The van der Waals surface area contributed by atoms with E-state index in [1.54, 1.807) is 47.5 Å². The van der Waals surface area contributed by atoms with E-state index in [1.807, 2.05) is 11.9 Å². The molecule has 32 heavy (non-hydrogen) atoms. The third kappa shape index (κ3) is 3.84. The Hall–Kier alpha value is -4.02. The average molecular weight is 437 g/mol. The number of hydrogen-bond acceptors (Lipinski definition) is 8. The maximum absolute atomic E-state index is 15.0. The molecule has 0 radical (unpaired) electrons. The van der Waals surface area contributed by atoms with Crippen LogP contribution in [-0.2, 0) is 16.1 Å². The lowest BCUT2D eigenvalue weighted by Crippen LogP contribution is -2.34. The Morgan fingerprint density at radius 3 is 2.88 bits per heavy atom. The number of nitrogens with zero attached hydrogens (tertiary/aromatic N) is 7. The standard InChI is InChI=1S/C21H20FN7O3/c1-27-8-9-31-25-20(27)19-5-2-14(11-23-19)17-4-3-15(10-18(17)22)29-13-16(32-21(29)30)12-28-7-6-24-26-28/h2-7,10-11,16H,8-9,12-13H2,1H3/t16-/m0/s1. The van der Waals surface area contributed by atoms with Gasteiger partial charge in [0.1, 0.15) is 24.2 Å². The highest BCUT2D eigenvalue weighted by molar-refractivity contribution is 5.97. The van der Waals surface area contributed by atoms with Crippen LogP contribution in [0.25, 0.3) is 11.1 Å². The molecule has 1 amide bonds. The van der Waals surface area contributed by atoms with E-state index in [1.165, 1.54) is 11.0 Å². The van der Waals surface area contributed by atoms with Crippen LogP contribution in [0.2, 0.25) is 0 Å². The Kier molecular flexibility index (Phi) is 5.13. The summed E-state index contributed by atoms with van der Waals surface area (Å²) in [4.78, 5) is 25.2. The lowest BCUT2D eigenvalue weighted by molar-refractivity contribution is 0.109. The predicted octanol–water partition coefficient (Wildman–Crippen LogP) is 2.13. The monoisotopic (exact) mass is 437 g/mol. The first-order valence-corrected chi connectivity index (χ1v) is 10.1. The van der Waals surface area contributed by atoms with Gasteiger partial charge in [-0.2, -0.15) is 0 Å². The number of oxime groups is 1. The number of anilines is 1. The topological polar surface area (TPSA) is 98.0 Å². The molecule has 11 heteroatoms. The number of amidine groups is 1. The van der Waals surface area contributed by atoms with Gasteiger partial charge in [0, 0.05) is 30.6 Å². The quantitative estimate of drug-likeness (QED) is 0.603. The van der Waals surface area contributed by atoms with Crippen LogP contribution in [0.1, 0.15) is 5.69 Å². The molecule has 0 bridgehead atoms. The smallest absolute Gasteiger partial charge is 0.414 e. The van der Waals surface area contributed by atoms with Gasteiger partial charge in [-0.15, -0.1) is 5.10 Å². The molecular weight excluding hydrogens is 417 g/mol. The number of hydrogen-bond donors (Lipinski definition) is 0. The van der Waals surface area contributed by atoms with Gasteiger partial charge in [-0.1, -0.05) is 16.4 Å². The molecule has 0 spiro atoms. The van der Waals surface area contributed by atoms with Crippen molar-refractivity contribution in [3.8, 4) is 11.1 Å². The largest absolute Gasteiger partial charge is 0.442 e. The normalized spacial score (nSPS) is 18.4. The molecule has 0 saturated carbocycles. The summed E-state index contributed by atoms with van der Waals surface area (Å²) in [5.74, 6) is 0.173. The van der Waals surface area contributed by atoms with Gasteiger partial charge in [-0.25, -0.2) is 13.9 Å². The van der Waals surface area contributed by atoms with Gasteiger partial charge in [0.25, 0.3) is 0 Å². The Bertz CT molecular complexity index is 1150. The third-order valence-electron chi connectivity index (χ3n) is 5.34. The van der Waals surface area contributed by atoms with Gasteiger partial charge < -0.3 is 14.5 Å². The fourth-order valence-electron chi connectivity index (χ4n) is 3.66. The lowest BCUT2D eigenvalue weighted by atomic mass is 10.1. The van der Waals surface area contributed by atoms with E-state index in [2.05, 4.69) is 20.5 Å². The summed E-state index contributed by atoms with van der Waals surface area (Å²) >= 11 is 0. The molecule has 2 aliphatic heterocycles. The summed E-state index contributed by atoms with van der Waals surface area (Å²) in [5.41, 5.74) is 2.07. The highest BCUT2D eigenvalue weighted by atomic mass is 19.1. The van der Waals surface area contributed by atoms with E-state index >= 15 is 0 Å². The first kappa shape index (κ1) is 19.9.